The molecule has 0 spiro atoms. The number of hydrogen-bond donors (Lipinski definition) is 2. The SMILES string of the molecule is C=C(C)C(=O)O.O=C(O)COc1cc(Cl)c(Cl)cc1Cl.[Zn]. The number of ether oxygens (including phenoxy) is 1. The van der Waals surface area contributed by atoms with Gasteiger partial charge in [0.1, 0.15) is 5.75 Å². The quantitative estimate of drug-likeness (QED) is 0.452. The van der Waals surface area contributed by atoms with Crippen LogP contribution < -0.4 is 4.74 Å². The van der Waals surface area contributed by atoms with Gasteiger partial charge in [-0.05, 0) is 13.0 Å². The van der Waals surface area contributed by atoms with Gasteiger partial charge < -0.3 is 14.9 Å². The molecule has 112 valence electrons. The van der Waals surface area contributed by atoms with Gasteiger partial charge in [-0.25, -0.2) is 9.59 Å². The van der Waals surface area contributed by atoms with E-state index in [1.165, 1.54) is 19.1 Å². The van der Waals surface area contributed by atoms with Crippen LogP contribution in [0.4, 0.5) is 0 Å². The van der Waals surface area contributed by atoms with E-state index < -0.39 is 18.5 Å². The van der Waals surface area contributed by atoms with Gasteiger partial charge in [-0.15, -0.1) is 0 Å². The van der Waals surface area contributed by atoms with Crippen molar-refractivity contribution in [2.24, 2.45) is 0 Å². The maximum Gasteiger partial charge on any atom is 0.341 e. The number of benzene rings is 1. The Bertz CT molecular complexity index is 522. The number of hydrogen-bond acceptors (Lipinski definition) is 3. The molecule has 0 fully saturated rings. The Labute approximate surface area is 149 Å². The van der Waals surface area contributed by atoms with Crippen LogP contribution in [0.5, 0.6) is 5.75 Å². The van der Waals surface area contributed by atoms with Gasteiger partial charge in [0.15, 0.2) is 6.61 Å². The molecule has 0 bridgehead atoms. The monoisotopic (exact) mass is 404 g/mol. The van der Waals surface area contributed by atoms with Crippen LogP contribution in [-0.2, 0) is 29.1 Å². The van der Waals surface area contributed by atoms with Crippen molar-refractivity contribution in [3.8, 4) is 5.75 Å². The molecule has 1 aromatic rings. The first kappa shape index (κ1) is 22.5. The predicted molar refractivity (Wildman–Crippen MR) is 77.1 cm³/mol. The van der Waals surface area contributed by atoms with Crippen LogP contribution in [-0.4, -0.2) is 28.8 Å². The minimum atomic E-state index is -1.09. The van der Waals surface area contributed by atoms with Gasteiger partial charge in [0.25, 0.3) is 0 Å². The number of halogens is 3. The molecule has 0 atom stereocenters. The summed E-state index contributed by atoms with van der Waals surface area (Å²) in [5, 5.41) is 17.0. The van der Waals surface area contributed by atoms with Crippen molar-refractivity contribution in [2.45, 2.75) is 6.92 Å². The number of rotatable bonds is 4. The summed E-state index contributed by atoms with van der Waals surface area (Å²) >= 11 is 17.1. The Morgan fingerprint density at radius 1 is 1.14 bits per heavy atom. The van der Waals surface area contributed by atoms with Gasteiger partial charge in [0.05, 0.1) is 15.1 Å². The topological polar surface area (TPSA) is 83.8 Å². The molecule has 0 aromatic heterocycles. The average Bonchev–Trinajstić information content (AvgIpc) is 2.32. The van der Waals surface area contributed by atoms with Crippen LogP contribution in [0.2, 0.25) is 15.1 Å². The molecule has 0 unspecified atom stereocenters. The standard InChI is InChI=1S/C8H5Cl3O3.C4H6O2.Zn/c9-4-1-6(11)7(2-5(4)10)14-3-8(12)13;1-3(2)4(5)6;/h1-2H,3H2,(H,12,13);1H2,2H3,(H,5,6);. The first-order valence-electron chi connectivity index (χ1n) is 5.03. The second-order valence-electron chi connectivity index (χ2n) is 3.46. The third-order valence-corrected chi connectivity index (χ3v) is 2.71. The molecule has 2 N–H and O–H groups in total. The van der Waals surface area contributed by atoms with Gasteiger partial charge in [-0.1, -0.05) is 41.4 Å². The summed E-state index contributed by atoms with van der Waals surface area (Å²) in [6.45, 7) is 4.13. The summed E-state index contributed by atoms with van der Waals surface area (Å²) in [5.41, 5.74) is 0.176. The Hall–Kier alpha value is -0.807. The Morgan fingerprint density at radius 2 is 1.57 bits per heavy atom. The maximum atomic E-state index is 10.2. The molecule has 0 radical (unpaired) electrons. The van der Waals surface area contributed by atoms with Crippen molar-refractivity contribution in [2.75, 3.05) is 6.61 Å². The summed E-state index contributed by atoms with van der Waals surface area (Å²) in [6.07, 6.45) is 0. The molecule has 0 aliphatic heterocycles. The predicted octanol–water partition coefficient (Wildman–Crippen LogP) is 3.75. The number of aliphatic carboxylic acids is 2. The molecule has 0 amide bonds. The summed E-state index contributed by atoms with van der Waals surface area (Å²) in [4.78, 5) is 19.8. The van der Waals surface area contributed by atoms with E-state index in [0.29, 0.717) is 5.02 Å². The summed E-state index contributed by atoms with van der Waals surface area (Å²) < 4.78 is 4.86. The Balaban J connectivity index is 0. The van der Waals surface area contributed by atoms with Crippen LogP contribution in [0, 0.1) is 0 Å². The smallest absolute Gasteiger partial charge is 0.341 e. The van der Waals surface area contributed by atoms with E-state index in [-0.39, 0.29) is 40.8 Å². The van der Waals surface area contributed by atoms with Crippen LogP contribution in [0.1, 0.15) is 6.92 Å². The van der Waals surface area contributed by atoms with E-state index in [1.54, 1.807) is 0 Å². The van der Waals surface area contributed by atoms with Crippen LogP contribution in [0.25, 0.3) is 0 Å². The zero-order chi connectivity index (χ0) is 15.9. The molecule has 9 heteroatoms. The first-order chi connectivity index (χ1) is 9.15. The van der Waals surface area contributed by atoms with Gasteiger partial charge in [-0.3, -0.25) is 0 Å². The Morgan fingerprint density at radius 3 is 1.95 bits per heavy atom. The fourth-order valence-corrected chi connectivity index (χ4v) is 1.35. The molecule has 5 nitrogen and oxygen atoms in total. The molecule has 0 saturated heterocycles. The maximum absolute atomic E-state index is 10.2. The largest absolute Gasteiger partial charge is 0.480 e. The summed E-state index contributed by atoms with van der Waals surface area (Å²) in [6, 6.07) is 2.76. The third-order valence-electron chi connectivity index (χ3n) is 1.69. The van der Waals surface area contributed by atoms with Gasteiger partial charge in [0.2, 0.25) is 0 Å². The minimum absolute atomic E-state index is 0. The number of carbonyl (C=O) groups is 2. The third kappa shape index (κ3) is 9.69. The van der Waals surface area contributed by atoms with Crippen molar-refractivity contribution in [1.29, 1.82) is 0 Å². The zero-order valence-electron chi connectivity index (χ0n) is 11.0. The van der Waals surface area contributed by atoms with Gasteiger partial charge in [-0.2, -0.15) is 0 Å². The molecule has 1 aromatic carbocycles. The second-order valence-corrected chi connectivity index (χ2v) is 4.69. The van der Waals surface area contributed by atoms with E-state index in [1.807, 2.05) is 0 Å². The molecular weight excluding hydrogens is 396 g/mol. The average molecular weight is 407 g/mol. The van der Waals surface area contributed by atoms with Crippen molar-refractivity contribution < 1.29 is 44.0 Å². The molecule has 1 rings (SSSR count). The molecule has 0 aliphatic rings. The van der Waals surface area contributed by atoms with Crippen LogP contribution >= 0.6 is 34.8 Å². The number of carboxylic acid groups (broad SMARTS) is 2. The normalized spacial score (nSPS) is 8.76. The minimum Gasteiger partial charge on any atom is -0.480 e. The van der Waals surface area contributed by atoms with E-state index in [4.69, 9.17) is 49.8 Å². The molecule has 0 saturated carbocycles. The number of carboxylic acids is 2. The van der Waals surface area contributed by atoms with E-state index in [0.717, 1.165) is 0 Å². The zero-order valence-corrected chi connectivity index (χ0v) is 16.3. The second kappa shape index (κ2) is 10.9. The van der Waals surface area contributed by atoms with Crippen LogP contribution in [0.15, 0.2) is 24.3 Å². The van der Waals surface area contributed by atoms with Crippen LogP contribution in [0.3, 0.4) is 0 Å². The fraction of sp³-hybridized carbons (Fsp3) is 0.167. The fourth-order valence-electron chi connectivity index (χ4n) is 0.754. The van der Waals surface area contributed by atoms with Crippen molar-refractivity contribution in [1.82, 2.24) is 0 Å². The van der Waals surface area contributed by atoms with E-state index in [9.17, 15) is 9.59 Å². The summed E-state index contributed by atoms with van der Waals surface area (Å²) in [7, 11) is 0. The molecular formula is C12H11Cl3O5Zn. The van der Waals surface area contributed by atoms with Crippen molar-refractivity contribution in [3.63, 3.8) is 0 Å². The van der Waals surface area contributed by atoms with Gasteiger partial charge in [0, 0.05) is 31.1 Å². The Kier molecular flexibility index (Phi) is 11.6. The summed E-state index contributed by atoms with van der Waals surface area (Å²) in [5.74, 6) is -1.83. The van der Waals surface area contributed by atoms with Crippen molar-refractivity contribution >= 4 is 46.7 Å². The molecule has 0 aliphatic carbocycles. The van der Waals surface area contributed by atoms with E-state index >= 15 is 0 Å². The molecule has 21 heavy (non-hydrogen) atoms. The first-order valence-corrected chi connectivity index (χ1v) is 6.16. The van der Waals surface area contributed by atoms with Gasteiger partial charge >= 0.3 is 11.9 Å². The molecule has 0 heterocycles. The van der Waals surface area contributed by atoms with Crippen molar-refractivity contribution in [3.05, 3.63) is 39.4 Å². The van der Waals surface area contributed by atoms with E-state index in [2.05, 4.69) is 6.58 Å².